The Balaban J connectivity index is 1.71. The van der Waals surface area contributed by atoms with Gasteiger partial charge in [-0.2, -0.15) is 5.10 Å². The first-order valence-corrected chi connectivity index (χ1v) is 7.32. The number of H-pyrrole nitrogens is 1. The lowest BCUT2D eigenvalue weighted by Gasteiger charge is -2.12. The smallest absolute Gasteiger partial charge is 0.214 e. The molecule has 0 unspecified atom stereocenters. The molecule has 1 saturated carbocycles. The molecule has 0 spiro atoms. The lowest BCUT2D eigenvalue weighted by atomic mass is 10.1. The van der Waals surface area contributed by atoms with Gasteiger partial charge in [0, 0.05) is 17.7 Å². The molecule has 6 nitrogen and oxygen atoms in total. The molecule has 0 aromatic carbocycles. The van der Waals surface area contributed by atoms with E-state index in [1.165, 1.54) is 0 Å². The third-order valence-electron chi connectivity index (χ3n) is 3.19. The highest BCUT2D eigenvalue weighted by molar-refractivity contribution is 7.90. The molecule has 7 heteroatoms. The molecule has 0 amide bonds. The number of aromatic amines is 1. The van der Waals surface area contributed by atoms with Gasteiger partial charge in [0.1, 0.15) is 0 Å². The quantitative estimate of drug-likeness (QED) is 0.799. The van der Waals surface area contributed by atoms with E-state index in [2.05, 4.69) is 14.9 Å². The zero-order chi connectivity index (χ0) is 11.9. The van der Waals surface area contributed by atoms with Crippen molar-refractivity contribution >= 4 is 10.0 Å². The van der Waals surface area contributed by atoms with Crippen LogP contribution in [0.15, 0.2) is 0 Å². The van der Waals surface area contributed by atoms with Crippen molar-refractivity contribution in [1.82, 2.24) is 14.9 Å². The van der Waals surface area contributed by atoms with Crippen molar-refractivity contribution in [3.8, 4) is 0 Å². The van der Waals surface area contributed by atoms with Crippen molar-refractivity contribution in [1.29, 1.82) is 0 Å². The van der Waals surface area contributed by atoms with Crippen molar-refractivity contribution in [3.63, 3.8) is 0 Å². The van der Waals surface area contributed by atoms with Crippen molar-refractivity contribution in [3.05, 3.63) is 17.0 Å². The Labute approximate surface area is 99.8 Å². The highest BCUT2D eigenvalue weighted by Crippen LogP contribution is 2.27. The fourth-order valence-electron chi connectivity index (χ4n) is 1.98. The molecule has 0 bridgehead atoms. The van der Waals surface area contributed by atoms with E-state index in [9.17, 15) is 8.42 Å². The van der Waals surface area contributed by atoms with Crippen LogP contribution in [0.2, 0.25) is 0 Å². The summed E-state index contributed by atoms with van der Waals surface area (Å²) < 4.78 is 31.3. The summed E-state index contributed by atoms with van der Waals surface area (Å²) in [6.45, 7) is 1.47. The van der Waals surface area contributed by atoms with Crippen LogP contribution in [0.25, 0.3) is 0 Å². The third-order valence-corrected chi connectivity index (χ3v) is 5.08. The minimum atomic E-state index is -3.13. The van der Waals surface area contributed by atoms with Crippen LogP contribution in [-0.2, 0) is 34.3 Å². The van der Waals surface area contributed by atoms with E-state index in [0.29, 0.717) is 13.2 Å². The van der Waals surface area contributed by atoms with Crippen molar-refractivity contribution < 1.29 is 13.2 Å². The normalized spacial score (nSPS) is 20.2. The van der Waals surface area contributed by atoms with E-state index in [4.69, 9.17) is 4.74 Å². The fraction of sp³-hybridized carbons (Fsp3) is 0.700. The molecule has 17 heavy (non-hydrogen) atoms. The molecular weight excluding hydrogens is 242 g/mol. The summed E-state index contributed by atoms with van der Waals surface area (Å²) in [5.74, 6) is 0. The van der Waals surface area contributed by atoms with Gasteiger partial charge in [-0.1, -0.05) is 0 Å². The van der Waals surface area contributed by atoms with E-state index < -0.39 is 10.0 Å². The van der Waals surface area contributed by atoms with Crippen LogP contribution in [0.1, 0.15) is 29.8 Å². The SMILES string of the molecule is O=S(=O)(NCc1n[nH]c2c1COCC2)C1CC1. The molecule has 0 radical (unpaired) electrons. The Kier molecular flexibility index (Phi) is 2.68. The molecule has 1 aliphatic heterocycles. The zero-order valence-electron chi connectivity index (χ0n) is 9.40. The molecule has 0 atom stereocenters. The Morgan fingerprint density at radius 3 is 3.06 bits per heavy atom. The standard InChI is InChI=1S/C10H15N3O3S/c14-17(15,7-1-2-7)11-5-10-8-6-16-4-3-9(8)12-13-10/h7,11H,1-6H2,(H,12,13). The van der Waals surface area contributed by atoms with Crippen LogP contribution in [0.5, 0.6) is 0 Å². The van der Waals surface area contributed by atoms with Crippen LogP contribution in [0.3, 0.4) is 0 Å². The molecule has 1 aromatic heterocycles. The maximum Gasteiger partial charge on any atom is 0.214 e. The minimum absolute atomic E-state index is 0.187. The van der Waals surface area contributed by atoms with Crippen LogP contribution >= 0.6 is 0 Å². The lowest BCUT2D eigenvalue weighted by Crippen LogP contribution is -2.27. The van der Waals surface area contributed by atoms with E-state index >= 15 is 0 Å². The summed E-state index contributed by atoms with van der Waals surface area (Å²) in [6.07, 6.45) is 2.37. The van der Waals surface area contributed by atoms with E-state index in [1.54, 1.807) is 0 Å². The maximum absolute atomic E-state index is 11.7. The Morgan fingerprint density at radius 2 is 2.29 bits per heavy atom. The summed E-state index contributed by atoms with van der Waals surface area (Å²) >= 11 is 0. The molecule has 2 aliphatic rings. The molecule has 1 aromatic rings. The van der Waals surface area contributed by atoms with E-state index in [-0.39, 0.29) is 11.8 Å². The number of aromatic nitrogens is 2. The number of nitrogens with zero attached hydrogens (tertiary/aromatic N) is 1. The third kappa shape index (κ3) is 2.22. The van der Waals surface area contributed by atoms with Gasteiger partial charge in [0.25, 0.3) is 0 Å². The average Bonchev–Trinajstić information content (AvgIpc) is 3.09. The van der Waals surface area contributed by atoms with Crippen molar-refractivity contribution in [2.75, 3.05) is 6.61 Å². The number of rotatable bonds is 4. The zero-order valence-corrected chi connectivity index (χ0v) is 10.2. The predicted molar refractivity (Wildman–Crippen MR) is 60.7 cm³/mol. The highest BCUT2D eigenvalue weighted by atomic mass is 32.2. The first-order chi connectivity index (χ1) is 8.17. The second kappa shape index (κ2) is 4.08. The molecule has 0 saturated heterocycles. The molecule has 94 valence electrons. The lowest BCUT2D eigenvalue weighted by molar-refractivity contribution is 0.109. The maximum atomic E-state index is 11.7. The Bertz CT molecular complexity index is 519. The van der Waals surface area contributed by atoms with Crippen molar-refractivity contribution in [2.45, 2.75) is 37.7 Å². The summed E-state index contributed by atoms with van der Waals surface area (Å²) in [5.41, 5.74) is 2.83. The Morgan fingerprint density at radius 1 is 1.47 bits per heavy atom. The number of hydrogen-bond acceptors (Lipinski definition) is 4. The molecule has 2 heterocycles. The molecule has 1 fully saturated rings. The Hall–Kier alpha value is -0.920. The van der Waals surface area contributed by atoms with Crippen molar-refractivity contribution in [2.24, 2.45) is 0 Å². The predicted octanol–water partition coefficient (Wildman–Crippen LogP) is 0.0642. The van der Waals surface area contributed by atoms with Crippen LogP contribution in [0, 0.1) is 0 Å². The molecule has 3 rings (SSSR count). The summed E-state index contributed by atoms with van der Waals surface area (Å²) in [5, 5.41) is 6.90. The van der Waals surface area contributed by atoms with Gasteiger partial charge in [0.05, 0.1) is 30.7 Å². The number of fused-ring (bicyclic) bond motifs is 1. The van der Waals surface area contributed by atoms with Gasteiger partial charge in [0.15, 0.2) is 0 Å². The van der Waals surface area contributed by atoms with Gasteiger partial charge >= 0.3 is 0 Å². The fourth-order valence-corrected chi connectivity index (χ4v) is 3.31. The molecule has 2 N–H and O–H groups in total. The topological polar surface area (TPSA) is 84.1 Å². The van der Waals surface area contributed by atoms with Gasteiger partial charge in [-0.3, -0.25) is 5.10 Å². The molecule has 1 aliphatic carbocycles. The van der Waals surface area contributed by atoms with E-state index in [1.807, 2.05) is 0 Å². The van der Waals surface area contributed by atoms with Crippen LogP contribution in [0.4, 0.5) is 0 Å². The summed E-state index contributed by atoms with van der Waals surface area (Å²) in [6, 6.07) is 0. The molecular formula is C10H15N3O3S. The van der Waals surface area contributed by atoms with Crippen LogP contribution < -0.4 is 4.72 Å². The minimum Gasteiger partial charge on any atom is -0.376 e. The van der Waals surface area contributed by atoms with Gasteiger partial charge in [-0.25, -0.2) is 13.1 Å². The van der Waals surface area contributed by atoms with Gasteiger partial charge in [0.2, 0.25) is 10.0 Å². The largest absolute Gasteiger partial charge is 0.376 e. The number of hydrogen-bond donors (Lipinski definition) is 2. The number of nitrogens with one attached hydrogen (secondary N) is 2. The van der Waals surface area contributed by atoms with Gasteiger partial charge < -0.3 is 4.74 Å². The van der Waals surface area contributed by atoms with Crippen LogP contribution in [-0.4, -0.2) is 30.5 Å². The average molecular weight is 257 g/mol. The van der Waals surface area contributed by atoms with Gasteiger partial charge in [-0.05, 0) is 12.8 Å². The summed E-state index contributed by atoms with van der Waals surface area (Å²) in [4.78, 5) is 0. The second-order valence-electron chi connectivity index (χ2n) is 4.50. The summed E-state index contributed by atoms with van der Waals surface area (Å²) in [7, 11) is -3.13. The second-order valence-corrected chi connectivity index (χ2v) is 6.54. The first kappa shape index (κ1) is 11.2. The highest BCUT2D eigenvalue weighted by Gasteiger charge is 2.35. The number of ether oxygens (including phenoxy) is 1. The number of sulfonamides is 1. The van der Waals surface area contributed by atoms with Gasteiger partial charge in [-0.15, -0.1) is 0 Å². The monoisotopic (exact) mass is 257 g/mol. The first-order valence-electron chi connectivity index (χ1n) is 5.78. The van der Waals surface area contributed by atoms with E-state index in [0.717, 1.165) is 36.2 Å².